The van der Waals surface area contributed by atoms with Gasteiger partial charge in [-0.1, -0.05) is 31.0 Å². The number of nitrogens with zero attached hydrogens (tertiary/aromatic N) is 2. The van der Waals surface area contributed by atoms with Crippen molar-refractivity contribution in [2.24, 2.45) is 4.99 Å². The van der Waals surface area contributed by atoms with E-state index in [1.165, 1.54) is 19.3 Å². The van der Waals surface area contributed by atoms with Gasteiger partial charge in [-0.15, -0.1) is 0 Å². The van der Waals surface area contributed by atoms with E-state index >= 15 is 0 Å². The van der Waals surface area contributed by atoms with E-state index in [0.29, 0.717) is 42.1 Å². The molecule has 0 radical (unpaired) electrons. The van der Waals surface area contributed by atoms with Gasteiger partial charge in [0.1, 0.15) is 13.2 Å². The Morgan fingerprint density at radius 3 is 2.79 bits per heavy atom. The monoisotopic (exact) mass is 415 g/mol. The first-order valence-electron chi connectivity index (χ1n) is 10.2. The molecule has 154 valence electrons. The molecule has 2 aliphatic heterocycles. The average molecular weight is 416 g/mol. The first-order chi connectivity index (χ1) is 14.2. The number of H-pyrrole nitrogens is 1. The van der Waals surface area contributed by atoms with E-state index in [1.54, 1.807) is 18.9 Å². The lowest BCUT2D eigenvalue weighted by atomic mass is 9.95. The third-order valence-electron chi connectivity index (χ3n) is 5.84. The summed E-state index contributed by atoms with van der Waals surface area (Å²) in [7, 11) is 1.62. The van der Waals surface area contributed by atoms with Crippen molar-refractivity contribution in [3.8, 4) is 17.2 Å². The van der Waals surface area contributed by atoms with E-state index in [4.69, 9.17) is 19.2 Å². The van der Waals surface area contributed by atoms with Crippen LogP contribution in [0.3, 0.4) is 0 Å². The fourth-order valence-electron chi connectivity index (χ4n) is 4.49. The molecule has 1 aliphatic carbocycles. The Morgan fingerprint density at radius 2 is 2.00 bits per heavy atom. The van der Waals surface area contributed by atoms with Crippen LogP contribution in [-0.2, 0) is 0 Å². The maximum atomic E-state index is 13.0. The summed E-state index contributed by atoms with van der Waals surface area (Å²) in [5, 5.41) is 3.87. The molecule has 3 aliphatic rings. The maximum absolute atomic E-state index is 13.0. The van der Waals surface area contributed by atoms with Crippen LogP contribution in [0.2, 0.25) is 0 Å². The normalized spacial score (nSPS) is 21.4. The molecule has 1 atom stereocenters. The van der Waals surface area contributed by atoms with Gasteiger partial charge in [-0.25, -0.2) is 4.99 Å². The highest BCUT2D eigenvalue weighted by atomic mass is 32.2. The Morgan fingerprint density at radius 1 is 1.21 bits per heavy atom. The molecule has 1 fully saturated rings. The van der Waals surface area contributed by atoms with Gasteiger partial charge in [0.2, 0.25) is 5.75 Å². The van der Waals surface area contributed by atoms with Crippen LogP contribution in [0.15, 0.2) is 21.9 Å². The van der Waals surface area contributed by atoms with Crippen molar-refractivity contribution in [3.63, 3.8) is 0 Å². The minimum Gasteiger partial charge on any atom is -0.493 e. The van der Waals surface area contributed by atoms with Gasteiger partial charge in [0.05, 0.1) is 29.0 Å². The Labute approximate surface area is 173 Å². The molecular weight excluding hydrogens is 390 g/mol. The lowest BCUT2D eigenvalue weighted by Gasteiger charge is -2.27. The van der Waals surface area contributed by atoms with Crippen LogP contribution in [-0.4, -0.2) is 35.1 Å². The van der Waals surface area contributed by atoms with E-state index in [2.05, 4.69) is 5.10 Å². The van der Waals surface area contributed by atoms with E-state index in [0.717, 1.165) is 29.3 Å². The Balaban J connectivity index is 1.61. The number of hydrogen-bond acceptors (Lipinski definition) is 6. The predicted molar refractivity (Wildman–Crippen MR) is 113 cm³/mol. The van der Waals surface area contributed by atoms with Crippen LogP contribution in [0.5, 0.6) is 17.2 Å². The standard InChI is InChI=1S/C21H25N3O4S/c1-12-22-20-17(21(25)23-24(20)14-6-4-3-5-7-14)19(29-12)13-10-15(26-2)18-16(11-13)27-8-9-28-18/h10-11,14,19H,3-9H2,1-2H3,(H,23,25)/t19-/m1/s1. The quantitative estimate of drug-likeness (QED) is 0.806. The van der Waals surface area contributed by atoms with Crippen molar-refractivity contribution in [2.45, 2.75) is 50.3 Å². The zero-order valence-corrected chi connectivity index (χ0v) is 17.5. The second kappa shape index (κ2) is 7.48. The summed E-state index contributed by atoms with van der Waals surface area (Å²) in [4.78, 5) is 17.8. The number of ether oxygens (including phenoxy) is 3. The molecule has 3 heterocycles. The summed E-state index contributed by atoms with van der Waals surface area (Å²) in [6.07, 6.45) is 5.82. The van der Waals surface area contributed by atoms with Gasteiger partial charge in [-0.05, 0) is 37.5 Å². The molecule has 0 bridgehead atoms. The van der Waals surface area contributed by atoms with Crippen LogP contribution < -0.4 is 19.8 Å². The topological polar surface area (TPSA) is 77.8 Å². The molecule has 1 aromatic carbocycles. The van der Waals surface area contributed by atoms with Crippen molar-refractivity contribution >= 4 is 22.6 Å². The van der Waals surface area contributed by atoms with Crippen molar-refractivity contribution < 1.29 is 14.2 Å². The van der Waals surface area contributed by atoms with E-state index in [9.17, 15) is 4.79 Å². The van der Waals surface area contributed by atoms with Crippen molar-refractivity contribution in [2.75, 3.05) is 20.3 Å². The zero-order chi connectivity index (χ0) is 20.0. The average Bonchev–Trinajstić information content (AvgIpc) is 3.09. The Hall–Kier alpha value is -2.35. The SMILES string of the molecule is COc1cc([C@H]2SC(C)=Nc3c2c(=O)[nH]n3C2CCCCC2)cc2c1OCCO2. The van der Waals surface area contributed by atoms with Crippen LogP contribution in [0.4, 0.5) is 5.82 Å². The van der Waals surface area contributed by atoms with E-state index in [-0.39, 0.29) is 10.8 Å². The molecule has 1 aromatic heterocycles. The highest BCUT2D eigenvalue weighted by Crippen LogP contribution is 2.49. The van der Waals surface area contributed by atoms with Gasteiger partial charge in [-0.2, -0.15) is 0 Å². The molecule has 1 saturated carbocycles. The fourth-order valence-corrected chi connectivity index (χ4v) is 5.57. The van der Waals surface area contributed by atoms with Gasteiger partial charge in [0.15, 0.2) is 17.3 Å². The fraction of sp³-hybridized carbons (Fsp3) is 0.524. The van der Waals surface area contributed by atoms with Gasteiger partial charge in [0.25, 0.3) is 5.56 Å². The molecule has 29 heavy (non-hydrogen) atoms. The first-order valence-corrected chi connectivity index (χ1v) is 11.1. The highest BCUT2D eigenvalue weighted by molar-refractivity contribution is 8.14. The molecule has 0 amide bonds. The molecule has 8 heteroatoms. The number of aromatic nitrogens is 2. The first kappa shape index (κ1) is 18.7. The van der Waals surface area contributed by atoms with Crippen LogP contribution in [0.1, 0.15) is 61.4 Å². The van der Waals surface area contributed by atoms with Gasteiger partial charge < -0.3 is 14.2 Å². The molecule has 1 N–H and O–H groups in total. The van der Waals surface area contributed by atoms with Crippen molar-refractivity contribution in [1.29, 1.82) is 0 Å². The number of hydrogen-bond donors (Lipinski definition) is 1. The highest BCUT2D eigenvalue weighted by Gasteiger charge is 2.33. The maximum Gasteiger partial charge on any atom is 0.271 e. The number of aliphatic imine (C=N–C) groups is 1. The summed E-state index contributed by atoms with van der Waals surface area (Å²) < 4.78 is 19.1. The third-order valence-corrected chi connectivity index (χ3v) is 7.02. The second-order valence-electron chi connectivity index (χ2n) is 7.72. The van der Waals surface area contributed by atoms with Crippen LogP contribution in [0.25, 0.3) is 0 Å². The molecule has 5 rings (SSSR count). The van der Waals surface area contributed by atoms with Gasteiger partial charge >= 0.3 is 0 Å². The smallest absolute Gasteiger partial charge is 0.271 e. The number of benzene rings is 1. The number of nitrogens with one attached hydrogen (secondary N) is 1. The Kier molecular flexibility index (Phi) is 4.81. The van der Waals surface area contributed by atoms with Gasteiger partial charge in [0, 0.05) is 0 Å². The van der Waals surface area contributed by atoms with E-state index in [1.807, 2.05) is 23.7 Å². The van der Waals surface area contributed by atoms with Crippen molar-refractivity contribution in [1.82, 2.24) is 9.78 Å². The lowest BCUT2D eigenvalue weighted by Crippen LogP contribution is -2.17. The minimum absolute atomic E-state index is 0.0619. The summed E-state index contributed by atoms with van der Waals surface area (Å²) in [5.41, 5.74) is 1.61. The zero-order valence-electron chi connectivity index (χ0n) is 16.7. The van der Waals surface area contributed by atoms with Crippen LogP contribution in [0, 0.1) is 0 Å². The molecular formula is C21H25N3O4S. The van der Waals surface area contributed by atoms with E-state index < -0.39 is 0 Å². The number of thioether (sulfide) groups is 1. The molecule has 0 saturated heterocycles. The Bertz CT molecular complexity index is 1000. The molecule has 2 aromatic rings. The summed E-state index contributed by atoms with van der Waals surface area (Å²) in [5.74, 6) is 2.69. The number of rotatable bonds is 3. The summed E-state index contributed by atoms with van der Waals surface area (Å²) in [6.45, 7) is 3.00. The number of methoxy groups -OCH3 is 1. The summed E-state index contributed by atoms with van der Waals surface area (Å²) >= 11 is 1.59. The predicted octanol–water partition coefficient (Wildman–Crippen LogP) is 4.35. The minimum atomic E-state index is -0.166. The van der Waals surface area contributed by atoms with Crippen LogP contribution >= 0.6 is 11.8 Å². The van der Waals surface area contributed by atoms with Crippen molar-refractivity contribution in [3.05, 3.63) is 33.6 Å². The molecule has 0 spiro atoms. The third kappa shape index (κ3) is 3.23. The lowest BCUT2D eigenvalue weighted by molar-refractivity contribution is 0.165. The molecule has 0 unspecified atom stereocenters. The number of aromatic amines is 1. The van der Waals surface area contributed by atoms with Gasteiger partial charge in [-0.3, -0.25) is 14.6 Å². The number of fused-ring (bicyclic) bond motifs is 2. The largest absolute Gasteiger partial charge is 0.493 e. The molecule has 7 nitrogen and oxygen atoms in total. The summed E-state index contributed by atoms with van der Waals surface area (Å²) in [6, 6.07) is 4.23. The second-order valence-corrected chi connectivity index (χ2v) is 9.01.